The summed E-state index contributed by atoms with van der Waals surface area (Å²) >= 11 is 0. The lowest BCUT2D eigenvalue weighted by atomic mass is 9.98. The van der Waals surface area contributed by atoms with E-state index in [1.54, 1.807) is 0 Å². The van der Waals surface area contributed by atoms with Crippen LogP contribution in [-0.4, -0.2) is 110 Å². The molecule has 11 nitrogen and oxygen atoms in total. The molecule has 0 aromatic carbocycles. The zero-order chi connectivity index (χ0) is 58.9. The summed E-state index contributed by atoms with van der Waals surface area (Å²) in [6.45, 7) is 3.48. The maximum absolute atomic E-state index is 13.2. The van der Waals surface area contributed by atoms with Gasteiger partial charge in [-0.25, -0.2) is 0 Å². The molecule has 0 aromatic heterocycles. The standard InChI is InChI=1S/C70H131NO10/c1-3-5-7-9-11-13-15-17-19-21-23-25-27-29-30-31-32-33-34-36-38-40-42-44-46-48-50-52-54-56-58-63(74)69(79)71-61(60-80-70-68(78)67(77)66(76)64(59-72)81-70)65(75)62(73)57-55-53-51-49-47-45-43-41-39-37-35-28-26-24-22-20-18-16-14-12-10-8-6-4-2/h23,25,29-30,41,43,49,51,61-68,70,72-78H,3-22,24,26-28,31-40,42,44-48,50,52-60H2,1-2H3,(H,71,79)/b25-23-,30-29-,43-41+,51-49+. The van der Waals surface area contributed by atoms with Gasteiger partial charge >= 0.3 is 0 Å². The molecule has 8 N–H and O–H groups in total. The average Bonchev–Trinajstić information content (AvgIpc) is 3.49. The van der Waals surface area contributed by atoms with Crippen molar-refractivity contribution in [3.05, 3.63) is 48.6 Å². The zero-order valence-corrected chi connectivity index (χ0v) is 52.5. The molecule has 0 bridgehead atoms. The largest absolute Gasteiger partial charge is 0.394 e. The fourth-order valence-corrected chi connectivity index (χ4v) is 11.0. The fourth-order valence-electron chi connectivity index (χ4n) is 11.0. The summed E-state index contributed by atoms with van der Waals surface area (Å²) in [7, 11) is 0. The third kappa shape index (κ3) is 46.0. The van der Waals surface area contributed by atoms with E-state index in [2.05, 4.69) is 67.8 Å². The van der Waals surface area contributed by atoms with Crippen molar-refractivity contribution in [1.82, 2.24) is 5.32 Å². The van der Waals surface area contributed by atoms with Gasteiger partial charge in [-0.3, -0.25) is 4.79 Å². The minimum absolute atomic E-state index is 0.246. The first-order valence-corrected chi connectivity index (χ1v) is 34.5. The van der Waals surface area contributed by atoms with Gasteiger partial charge in [0.2, 0.25) is 5.91 Å². The highest BCUT2D eigenvalue weighted by molar-refractivity contribution is 5.80. The molecule has 0 aliphatic carbocycles. The Morgan fingerprint density at radius 2 is 0.778 bits per heavy atom. The molecule has 0 aromatic rings. The van der Waals surface area contributed by atoms with Gasteiger partial charge in [-0.2, -0.15) is 0 Å². The molecule has 11 heteroatoms. The number of nitrogens with one attached hydrogen (secondary N) is 1. The Morgan fingerprint density at radius 3 is 1.17 bits per heavy atom. The number of hydrogen-bond acceptors (Lipinski definition) is 10. The molecule has 476 valence electrons. The number of carbonyl (C=O) groups is 1. The topological polar surface area (TPSA) is 189 Å². The highest BCUT2D eigenvalue weighted by atomic mass is 16.7. The van der Waals surface area contributed by atoms with Gasteiger partial charge in [0.1, 0.15) is 36.6 Å². The maximum atomic E-state index is 13.2. The molecule has 1 rings (SSSR count). The van der Waals surface area contributed by atoms with E-state index in [-0.39, 0.29) is 12.8 Å². The van der Waals surface area contributed by atoms with Gasteiger partial charge in [-0.15, -0.1) is 0 Å². The minimum atomic E-state index is -1.67. The Balaban J connectivity index is 2.24. The van der Waals surface area contributed by atoms with Gasteiger partial charge < -0.3 is 50.5 Å². The molecule has 0 radical (unpaired) electrons. The third-order valence-electron chi connectivity index (χ3n) is 16.6. The molecule has 1 saturated heterocycles. The van der Waals surface area contributed by atoms with Crippen LogP contribution in [0.25, 0.3) is 0 Å². The first kappa shape index (κ1) is 77.1. The normalized spacial score (nSPS) is 19.4. The summed E-state index contributed by atoms with van der Waals surface area (Å²) in [5.74, 6) is -0.708. The Hall–Kier alpha value is -1.93. The lowest BCUT2D eigenvalue weighted by molar-refractivity contribution is -0.303. The number of carbonyl (C=O) groups excluding carboxylic acids is 1. The lowest BCUT2D eigenvalue weighted by Gasteiger charge is -2.40. The first-order valence-electron chi connectivity index (χ1n) is 34.5. The van der Waals surface area contributed by atoms with Crippen molar-refractivity contribution in [2.24, 2.45) is 0 Å². The predicted molar refractivity (Wildman–Crippen MR) is 339 cm³/mol. The number of ether oxygens (including phenoxy) is 2. The lowest BCUT2D eigenvalue weighted by Crippen LogP contribution is -2.60. The van der Waals surface area contributed by atoms with E-state index in [1.165, 1.54) is 231 Å². The summed E-state index contributed by atoms with van der Waals surface area (Å²) < 4.78 is 11.2. The number of aliphatic hydroxyl groups is 7. The second-order valence-electron chi connectivity index (χ2n) is 24.2. The Bertz CT molecular complexity index is 1460. The van der Waals surface area contributed by atoms with Gasteiger partial charge in [-0.1, -0.05) is 287 Å². The number of unbranched alkanes of at least 4 members (excludes halogenated alkanes) is 40. The second-order valence-corrected chi connectivity index (χ2v) is 24.2. The molecule has 0 saturated carbocycles. The minimum Gasteiger partial charge on any atom is -0.394 e. The molecule has 1 amide bonds. The van der Waals surface area contributed by atoms with Gasteiger partial charge in [0, 0.05) is 0 Å². The zero-order valence-electron chi connectivity index (χ0n) is 52.5. The van der Waals surface area contributed by atoms with E-state index in [9.17, 15) is 40.5 Å². The van der Waals surface area contributed by atoms with Gasteiger partial charge in [0.15, 0.2) is 6.29 Å². The van der Waals surface area contributed by atoms with E-state index < -0.39 is 74.2 Å². The van der Waals surface area contributed by atoms with Crippen molar-refractivity contribution in [3.8, 4) is 0 Å². The Kier molecular flexibility index (Phi) is 55.6. The second kappa shape index (κ2) is 58.5. The summed E-state index contributed by atoms with van der Waals surface area (Å²) in [5.41, 5.74) is 0. The molecule has 81 heavy (non-hydrogen) atoms. The van der Waals surface area contributed by atoms with E-state index in [0.29, 0.717) is 19.3 Å². The van der Waals surface area contributed by atoms with Crippen LogP contribution in [0.5, 0.6) is 0 Å². The van der Waals surface area contributed by atoms with Crippen LogP contribution in [0.15, 0.2) is 48.6 Å². The number of amides is 1. The molecule has 9 atom stereocenters. The van der Waals surface area contributed by atoms with Crippen LogP contribution in [0.4, 0.5) is 0 Å². The number of allylic oxidation sites excluding steroid dienone is 8. The first-order chi connectivity index (χ1) is 39.7. The van der Waals surface area contributed by atoms with Crippen molar-refractivity contribution in [2.75, 3.05) is 13.2 Å². The van der Waals surface area contributed by atoms with E-state index in [0.717, 1.165) is 44.9 Å². The predicted octanol–water partition coefficient (Wildman–Crippen LogP) is 16.4. The summed E-state index contributed by atoms with van der Waals surface area (Å²) in [5, 5.41) is 76.4. The van der Waals surface area contributed by atoms with Gasteiger partial charge in [0.05, 0.1) is 25.4 Å². The van der Waals surface area contributed by atoms with E-state index in [4.69, 9.17) is 9.47 Å². The fraction of sp³-hybridized carbons (Fsp3) is 0.871. The van der Waals surface area contributed by atoms with E-state index >= 15 is 0 Å². The maximum Gasteiger partial charge on any atom is 0.249 e. The molecule has 9 unspecified atom stereocenters. The third-order valence-corrected chi connectivity index (χ3v) is 16.6. The van der Waals surface area contributed by atoms with E-state index in [1.807, 2.05) is 0 Å². The molecule has 0 spiro atoms. The van der Waals surface area contributed by atoms with Gasteiger partial charge in [-0.05, 0) is 83.5 Å². The van der Waals surface area contributed by atoms with Crippen LogP contribution in [0.1, 0.15) is 322 Å². The van der Waals surface area contributed by atoms with Crippen molar-refractivity contribution in [2.45, 2.75) is 377 Å². The molecule has 1 aliphatic rings. The number of hydrogen-bond donors (Lipinski definition) is 8. The Morgan fingerprint density at radius 1 is 0.432 bits per heavy atom. The van der Waals surface area contributed by atoms with Crippen LogP contribution in [0, 0.1) is 0 Å². The highest BCUT2D eigenvalue weighted by Crippen LogP contribution is 2.24. The summed E-state index contributed by atoms with van der Waals surface area (Å²) in [4.78, 5) is 13.2. The van der Waals surface area contributed by atoms with Crippen molar-refractivity contribution in [1.29, 1.82) is 0 Å². The quantitative estimate of drug-likeness (QED) is 0.0215. The smallest absolute Gasteiger partial charge is 0.249 e. The number of aliphatic hydroxyl groups excluding tert-OH is 7. The SMILES string of the molecule is CCCCCCCCCCC/C=C\C/C=C\CCCCCCCCCCCCCCCCC(O)C(=O)NC(COC1OC(CO)C(O)C(O)C1O)C(O)C(O)CCC/C=C/CC/C=C/CCCCCCCCCCCCCCCCC. The molecule has 1 aliphatic heterocycles. The monoisotopic (exact) mass is 1150 g/mol. The highest BCUT2D eigenvalue weighted by Gasteiger charge is 2.44. The van der Waals surface area contributed by atoms with Gasteiger partial charge in [0.25, 0.3) is 0 Å². The van der Waals surface area contributed by atoms with Crippen molar-refractivity contribution >= 4 is 5.91 Å². The average molecular weight is 1150 g/mol. The van der Waals surface area contributed by atoms with Crippen molar-refractivity contribution < 1.29 is 50.0 Å². The van der Waals surface area contributed by atoms with Crippen LogP contribution in [0.2, 0.25) is 0 Å². The van der Waals surface area contributed by atoms with Crippen LogP contribution in [0.3, 0.4) is 0 Å². The Labute approximate surface area is 498 Å². The molecular weight excluding hydrogens is 1010 g/mol. The summed E-state index contributed by atoms with van der Waals surface area (Å²) in [6, 6.07) is -1.19. The molecule has 1 fully saturated rings. The number of rotatable bonds is 60. The van der Waals surface area contributed by atoms with Crippen LogP contribution >= 0.6 is 0 Å². The molecular formula is C70H131NO10. The van der Waals surface area contributed by atoms with Crippen LogP contribution in [-0.2, 0) is 14.3 Å². The molecule has 1 heterocycles. The van der Waals surface area contributed by atoms with Crippen molar-refractivity contribution in [3.63, 3.8) is 0 Å². The van der Waals surface area contributed by atoms with Crippen LogP contribution < -0.4 is 5.32 Å². The summed E-state index contributed by atoms with van der Waals surface area (Å²) in [6.07, 6.45) is 64.8.